The second-order valence-electron chi connectivity index (χ2n) is 2.53. The number of carbonyl (C=O) groups excluding carboxylic acids is 1. The van der Waals surface area contributed by atoms with Gasteiger partial charge in [0, 0.05) is 6.92 Å². The Kier molecular flexibility index (Phi) is 5.44. The number of nitrogens with one attached hydrogen (secondary N) is 1. The van der Waals surface area contributed by atoms with Gasteiger partial charge in [0.25, 0.3) is 0 Å². The molecule has 4 heteroatoms. The molecule has 0 aromatic carbocycles. The minimum atomic E-state index is -0.584. The van der Waals surface area contributed by atoms with Gasteiger partial charge in [-0.25, -0.2) is 4.98 Å². The summed E-state index contributed by atoms with van der Waals surface area (Å²) in [6, 6.07) is 2.90. The van der Waals surface area contributed by atoms with Crippen LogP contribution in [0.3, 0.4) is 0 Å². The number of pyridine rings is 1. The zero-order chi connectivity index (χ0) is 11.1. The van der Waals surface area contributed by atoms with E-state index in [1.54, 1.807) is 13.0 Å². The lowest BCUT2D eigenvalue weighted by atomic mass is 10.3. The van der Waals surface area contributed by atoms with Gasteiger partial charge in [0.2, 0.25) is 11.9 Å². The van der Waals surface area contributed by atoms with Crippen LogP contribution in [0, 0.1) is 12.9 Å². The van der Waals surface area contributed by atoms with Gasteiger partial charge in [0.1, 0.15) is 5.82 Å². The summed E-state index contributed by atoms with van der Waals surface area (Å²) in [5.41, 5.74) is 0.728. The zero-order valence-corrected chi connectivity index (χ0v) is 8.89. The average molecular weight is 198 g/mol. The number of aryl methyl sites for hydroxylation is 1. The highest BCUT2D eigenvalue weighted by Gasteiger charge is 2.00. The number of aromatic nitrogens is 1. The predicted molar refractivity (Wildman–Crippen MR) is 54.6 cm³/mol. The molecule has 1 aromatic rings. The molecule has 0 fully saturated rings. The molecule has 0 aliphatic rings. The maximum absolute atomic E-state index is 12.6. The molecule has 1 rings (SSSR count). The first-order valence-corrected chi connectivity index (χ1v) is 4.50. The summed E-state index contributed by atoms with van der Waals surface area (Å²) in [4.78, 5) is 14.0. The van der Waals surface area contributed by atoms with Crippen LogP contribution in [-0.2, 0) is 4.79 Å². The van der Waals surface area contributed by atoms with E-state index in [-0.39, 0.29) is 11.7 Å². The van der Waals surface area contributed by atoms with E-state index in [1.165, 1.54) is 13.0 Å². The van der Waals surface area contributed by atoms with E-state index in [1.807, 2.05) is 13.8 Å². The SMILES string of the molecule is CC.CC(=O)Nc1cc(C)cc(F)n1. The van der Waals surface area contributed by atoms with Gasteiger partial charge in [-0.2, -0.15) is 4.39 Å². The molecule has 0 saturated heterocycles. The molecule has 1 N–H and O–H groups in total. The first kappa shape index (κ1) is 12.6. The average Bonchev–Trinajstić information content (AvgIpc) is 2.04. The number of hydrogen-bond acceptors (Lipinski definition) is 2. The van der Waals surface area contributed by atoms with Gasteiger partial charge >= 0.3 is 0 Å². The van der Waals surface area contributed by atoms with Crippen LogP contribution in [0.1, 0.15) is 26.3 Å². The predicted octanol–water partition coefficient (Wildman–Crippen LogP) is 2.51. The summed E-state index contributed by atoms with van der Waals surface area (Å²) in [6.07, 6.45) is 0. The van der Waals surface area contributed by atoms with Gasteiger partial charge in [0.15, 0.2) is 0 Å². The van der Waals surface area contributed by atoms with Crippen molar-refractivity contribution in [1.29, 1.82) is 0 Å². The summed E-state index contributed by atoms with van der Waals surface area (Å²) in [7, 11) is 0. The van der Waals surface area contributed by atoms with Crippen LogP contribution >= 0.6 is 0 Å². The molecule has 0 spiro atoms. The van der Waals surface area contributed by atoms with Crippen molar-refractivity contribution < 1.29 is 9.18 Å². The molecular weight excluding hydrogens is 183 g/mol. The fraction of sp³-hybridized carbons (Fsp3) is 0.400. The minimum absolute atomic E-state index is 0.250. The maximum atomic E-state index is 12.6. The molecule has 0 radical (unpaired) electrons. The van der Waals surface area contributed by atoms with Gasteiger partial charge in [-0.1, -0.05) is 13.8 Å². The van der Waals surface area contributed by atoms with Gasteiger partial charge in [0.05, 0.1) is 0 Å². The van der Waals surface area contributed by atoms with Crippen LogP contribution in [0.5, 0.6) is 0 Å². The fourth-order valence-electron chi connectivity index (χ4n) is 0.869. The van der Waals surface area contributed by atoms with Gasteiger partial charge in [-0.3, -0.25) is 4.79 Å². The Morgan fingerprint density at radius 2 is 2.00 bits per heavy atom. The van der Waals surface area contributed by atoms with E-state index >= 15 is 0 Å². The second-order valence-corrected chi connectivity index (χ2v) is 2.53. The highest BCUT2D eigenvalue weighted by Crippen LogP contribution is 2.07. The van der Waals surface area contributed by atoms with E-state index < -0.39 is 5.95 Å². The number of amides is 1. The summed E-state index contributed by atoms with van der Waals surface area (Å²) in [6.45, 7) is 7.08. The molecule has 0 atom stereocenters. The number of nitrogens with zero attached hydrogens (tertiary/aromatic N) is 1. The Morgan fingerprint density at radius 1 is 1.43 bits per heavy atom. The van der Waals surface area contributed by atoms with Crippen molar-refractivity contribution in [3.8, 4) is 0 Å². The first-order valence-electron chi connectivity index (χ1n) is 4.50. The molecule has 78 valence electrons. The molecule has 0 saturated carbocycles. The zero-order valence-electron chi connectivity index (χ0n) is 8.89. The van der Waals surface area contributed by atoms with Crippen molar-refractivity contribution in [2.45, 2.75) is 27.7 Å². The third kappa shape index (κ3) is 4.54. The van der Waals surface area contributed by atoms with Crippen molar-refractivity contribution in [2.24, 2.45) is 0 Å². The van der Waals surface area contributed by atoms with Gasteiger partial charge in [-0.05, 0) is 24.6 Å². The van der Waals surface area contributed by atoms with Crippen LogP contribution in [0.25, 0.3) is 0 Å². The van der Waals surface area contributed by atoms with Crippen molar-refractivity contribution in [3.63, 3.8) is 0 Å². The van der Waals surface area contributed by atoms with Crippen molar-refractivity contribution in [2.75, 3.05) is 5.32 Å². The quantitative estimate of drug-likeness (QED) is 0.704. The van der Waals surface area contributed by atoms with E-state index in [4.69, 9.17) is 0 Å². The number of hydrogen-bond donors (Lipinski definition) is 1. The lowest BCUT2D eigenvalue weighted by Crippen LogP contribution is -2.08. The topological polar surface area (TPSA) is 42.0 Å². The lowest BCUT2D eigenvalue weighted by Gasteiger charge is -2.01. The Labute approximate surface area is 83.4 Å². The normalized spacial score (nSPS) is 8.64. The Bertz CT molecular complexity index is 293. The van der Waals surface area contributed by atoms with Crippen molar-refractivity contribution in [1.82, 2.24) is 4.98 Å². The van der Waals surface area contributed by atoms with Gasteiger partial charge < -0.3 is 5.32 Å². The monoisotopic (exact) mass is 198 g/mol. The summed E-state index contributed by atoms with van der Waals surface area (Å²) in [5, 5.41) is 2.40. The third-order valence-corrected chi connectivity index (χ3v) is 1.24. The maximum Gasteiger partial charge on any atom is 0.222 e. The minimum Gasteiger partial charge on any atom is -0.311 e. The van der Waals surface area contributed by atoms with Crippen LogP contribution in [-0.4, -0.2) is 10.9 Å². The van der Waals surface area contributed by atoms with E-state index in [0.29, 0.717) is 0 Å². The molecule has 3 nitrogen and oxygen atoms in total. The fourth-order valence-corrected chi connectivity index (χ4v) is 0.869. The molecular formula is C10H15FN2O. The lowest BCUT2D eigenvalue weighted by molar-refractivity contribution is -0.114. The van der Waals surface area contributed by atoms with Crippen LogP contribution in [0.4, 0.5) is 10.2 Å². The Hall–Kier alpha value is -1.45. The highest BCUT2D eigenvalue weighted by atomic mass is 19.1. The summed E-state index contributed by atoms with van der Waals surface area (Å²) < 4.78 is 12.6. The van der Waals surface area contributed by atoms with Crippen molar-refractivity contribution in [3.05, 3.63) is 23.6 Å². The summed E-state index contributed by atoms with van der Waals surface area (Å²) in [5.74, 6) is -0.591. The number of anilines is 1. The number of halogens is 1. The molecule has 1 heterocycles. The number of carbonyl (C=O) groups is 1. The molecule has 14 heavy (non-hydrogen) atoms. The molecule has 0 bridgehead atoms. The smallest absolute Gasteiger partial charge is 0.222 e. The third-order valence-electron chi connectivity index (χ3n) is 1.24. The second kappa shape index (κ2) is 6.07. The van der Waals surface area contributed by atoms with Crippen LogP contribution < -0.4 is 5.32 Å². The number of rotatable bonds is 1. The van der Waals surface area contributed by atoms with Crippen LogP contribution in [0.2, 0.25) is 0 Å². The van der Waals surface area contributed by atoms with E-state index in [0.717, 1.165) is 5.56 Å². The Balaban J connectivity index is 0.000000791. The standard InChI is InChI=1S/C8H9FN2O.C2H6/c1-5-3-7(9)11-8(4-5)10-6(2)12;1-2/h3-4H,1-2H3,(H,10,11,12);1-2H3. The van der Waals surface area contributed by atoms with E-state index in [9.17, 15) is 9.18 Å². The van der Waals surface area contributed by atoms with Crippen LogP contribution in [0.15, 0.2) is 12.1 Å². The molecule has 1 aromatic heterocycles. The Morgan fingerprint density at radius 3 is 2.43 bits per heavy atom. The highest BCUT2D eigenvalue weighted by molar-refractivity contribution is 5.87. The molecule has 0 aliphatic carbocycles. The largest absolute Gasteiger partial charge is 0.311 e. The first-order chi connectivity index (χ1) is 6.58. The molecule has 1 amide bonds. The molecule has 0 aliphatic heterocycles. The van der Waals surface area contributed by atoms with Gasteiger partial charge in [-0.15, -0.1) is 0 Å². The van der Waals surface area contributed by atoms with Crippen molar-refractivity contribution >= 4 is 11.7 Å². The van der Waals surface area contributed by atoms with E-state index in [2.05, 4.69) is 10.3 Å². The summed E-state index contributed by atoms with van der Waals surface area (Å²) >= 11 is 0. The molecule has 0 unspecified atom stereocenters.